The third kappa shape index (κ3) is 5.04. The maximum atomic E-state index is 13.0. The van der Waals surface area contributed by atoms with E-state index in [4.69, 9.17) is 9.90 Å². The van der Waals surface area contributed by atoms with E-state index < -0.39 is 18.3 Å². The molecule has 160 valence electrons. The summed E-state index contributed by atoms with van der Waals surface area (Å²) >= 11 is 0. The van der Waals surface area contributed by atoms with Crippen molar-refractivity contribution >= 4 is 11.9 Å². The topological polar surface area (TPSA) is 73.7 Å². The summed E-state index contributed by atoms with van der Waals surface area (Å²) in [5.41, 5.74) is 1.23. The Labute approximate surface area is 165 Å². The fourth-order valence-corrected chi connectivity index (χ4v) is 4.26. The number of carboxylic acids is 1. The molecule has 1 amide bonds. The lowest BCUT2D eigenvalue weighted by Gasteiger charge is -2.34. The van der Waals surface area contributed by atoms with Crippen molar-refractivity contribution in [3.05, 3.63) is 30.1 Å². The number of aliphatic carboxylic acids is 1. The van der Waals surface area contributed by atoms with Gasteiger partial charge in [-0.1, -0.05) is 6.07 Å². The van der Waals surface area contributed by atoms with Gasteiger partial charge in [-0.25, -0.2) is 9.18 Å². The SMILES string of the molecule is O=C(C1CC(F)C1)N1CC[C@H]2[C@H]1CCN2Cc1cccnc1.O=C(O)C(F)(F)F. The normalized spacial score (nSPS) is 28.9. The van der Waals surface area contributed by atoms with E-state index in [0.29, 0.717) is 24.9 Å². The zero-order valence-corrected chi connectivity index (χ0v) is 15.7. The van der Waals surface area contributed by atoms with Crippen LogP contribution in [0.2, 0.25) is 0 Å². The Morgan fingerprint density at radius 3 is 2.38 bits per heavy atom. The molecule has 6 nitrogen and oxygen atoms in total. The number of fused-ring (bicyclic) bond motifs is 1. The number of hydrogen-bond donors (Lipinski definition) is 1. The first kappa shape index (κ1) is 21.5. The van der Waals surface area contributed by atoms with E-state index in [1.807, 2.05) is 17.2 Å². The number of halogens is 4. The number of carbonyl (C=O) groups excluding carboxylic acids is 1. The average Bonchev–Trinajstić information content (AvgIpc) is 3.22. The minimum absolute atomic E-state index is 0.0545. The Morgan fingerprint density at radius 1 is 1.17 bits per heavy atom. The van der Waals surface area contributed by atoms with E-state index in [0.717, 1.165) is 32.5 Å². The van der Waals surface area contributed by atoms with Gasteiger partial charge >= 0.3 is 12.1 Å². The van der Waals surface area contributed by atoms with Crippen molar-refractivity contribution in [2.75, 3.05) is 13.1 Å². The first-order valence-electron chi connectivity index (χ1n) is 9.54. The Hall–Kier alpha value is -2.23. The second-order valence-electron chi connectivity index (χ2n) is 7.64. The predicted molar refractivity (Wildman–Crippen MR) is 94.5 cm³/mol. The minimum atomic E-state index is -5.08. The molecular weight excluding hydrogens is 394 g/mol. The largest absolute Gasteiger partial charge is 0.490 e. The summed E-state index contributed by atoms with van der Waals surface area (Å²) in [7, 11) is 0. The number of hydrogen-bond acceptors (Lipinski definition) is 4. The molecule has 1 aromatic heterocycles. The van der Waals surface area contributed by atoms with Crippen LogP contribution in [0.1, 0.15) is 31.2 Å². The van der Waals surface area contributed by atoms with Gasteiger partial charge in [-0.3, -0.25) is 14.7 Å². The molecule has 3 fully saturated rings. The van der Waals surface area contributed by atoms with Gasteiger partial charge in [-0.2, -0.15) is 13.2 Å². The highest BCUT2D eigenvalue weighted by Crippen LogP contribution is 2.37. The highest BCUT2D eigenvalue weighted by Gasteiger charge is 2.47. The van der Waals surface area contributed by atoms with Crippen LogP contribution in [-0.2, 0) is 16.1 Å². The Kier molecular flexibility index (Phi) is 6.40. The van der Waals surface area contributed by atoms with Gasteiger partial charge in [-0.05, 0) is 37.3 Å². The number of carbonyl (C=O) groups is 2. The summed E-state index contributed by atoms with van der Waals surface area (Å²) in [6, 6.07) is 4.87. The summed E-state index contributed by atoms with van der Waals surface area (Å²) in [6.45, 7) is 2.78. The van der Waals surface area contributed by atoms with Crippen molar-refractivity contribution in [1.82, 2.24) is 14.8 Å². The monoisotopic (exact) mass is 417 g/mol. The number of rotatable bonds is 3. The van der Waals surface area contributed by atoms with Gasteiger partial charge in [0.25, 0.3) is 0 Å². The summed E-state index contributed by atoms with van der Waals surface area (Å²) in [4.78, 5) is 30.1. The van der Waals surface area contributed by atoms with Crippen molar-refractivity contribution < 1.29 is 32.3 Å². The van der Waals surface area contributed by atoms with Crippen LogP contribution in [0.25, 0.3) is 0 Å². The molecule has 29 heavy (non-hydrogen) atoms. The van der Waals surface area contributed by atoms with Crippen LogP contribution >= 0.6 is 0 Å². The van der Waals surface area contributed by atoms with Crippen molar-refractivity contribution in [3.8, 4) is 0 Å². The fourth-order valence-electron chi connectivity index (χ4n) is 4.26. The lowest BCUT2D eigenvalue weighted by Crippen LogP contribution is -2.46. The second kappa shape index (κ2) is 8.64. The summed E-state index contributed by atoms with van der Waals surface area (Å²) in [6.07, 6.45) is 0.839. The van der Waals surface area contributed by atoms with E-state index in [2.05, 4.69) is 16.0 Å². The zero-order valence-electron chi connectivity index (χ0n) is 15.7. The van der Waals surface area contributed by atoms with Crippen LogP contribution in [0.4, 0.5) is 17.6 Å². The first-order chi connectivity index (χ1) is 13.7. The first-order valence-corrected chi connectivity index (χ1v) is 9.54. The van der Waals surface area contributed by atoms with Crippen LogP contribution in [-0.4, -0.2) is 69.3 Å². The number of aromatic nitrogens is 1. The van der Waals surface area contributed by atoms with Crippen LogP contribution in [0.5, 0.6) is 0 Å². The molecule has 1 aromatic rings. The summed E-state index contributed by atoms with van der Waals surface area (Å²) < 4.78 is 44.7. The van der Waals surface area contributed by atoms with Crippen LogP contribution in [0.15, 0.2) is 24.5 Å². The van der Waals surface area contributed by atoms with Gasteiger partial charge in [0.1, 0.15) is 6.17 Å². The number of likely N-dealkylation sites (tertiary alicyclic amines) is 2. The van der Waals surface area contributed by atoms with Crippen LogP contribution in [0.3, 0.4) is 0 Å². The molecular formula is C19H23F4N3O3. The molecule has 0 aromatic carbocycles. The zero-order chi connectivity index (χ0) is 21.2. The van der Waals surface area contributed by atoms with E-state index >= 15 is 0 Å². The maximum Gasteiger partial charge on any atom is 0.490 e. The summed E-state index contributed by atoms with van der Waals surface area (Å²) in [5.74, 6) is -2.61. The molecule has 1 aliphatic carbocycles. The van der Waals surface area contributed by atoms with Crippen molar-refractivity contribution in [3.63, 3.8) is 0 Å². The number of nitrogens with zero attached hydrogens (tertiary/aromatic N) is 3. The molecule has 3 heterocycles. The smallest absolute Gasteiger partial charge is 0.475 e. The van der Waals surface area contributed by atoms with E-state index in [1.54, 1.807) is 6.20 Å². The third-order valence-corrected chi connectivity index (χ3v) is 5.76. The molecule has 0 radical (unpaired) electrons. The number of amides is 1. The summed E-state index contributed by atoms with van der Waals surface area (Å²) in [5, 5.41) is 7.12. The van der Waals surface area contributed by atoms with Crippen molar-refractivity contribution in [1.29, 1.82) is 0 Å². The molecule has 0 spiro atoms. The predicted octanol–water partition coefficient (Wildman–Crippen LogP) is 2.64. The second-order valence-corrected chi connectivity index (χ2v) is 7.64. The lowest BCUT2D eigenvalue weighted by atomic mass is 9.82. The Balaban J connectivity index is 0.000000298. The van der Waals surface area contributed by atoms with E-state index in [9.17, 15) is 22.4 Å². The van der Waals surface area contributed by atoms with E-state index in [-0.39, 0.29) is 11.8 Å². The molecule has 3 aliphatic rings. The number of alkyl halides is 4. The lowest BCUT2D eigenvalue weighted by molar-refractivity contribution is -0.192. The minimum Gasteiger partial charge on any atom is -0.475 e. The molecule has 2 atom stereocenters. The number of pyridine rings is 1. The quantitative estimate of drug-likeness (QED) is 0.766. The molecule has 2 aliphatic heterocycles. The average molecular weight is 417 g/mol. The highest BCUT2D eigenvalue weighted by atomic mass is 19.4. The molecule has 1 saturated carbocycles. The van der Waals surface area contributed by atoms with Gasteiger partial charge < -0.3 is 10.0 Å². The molecule has 1 N–H and O–H groups in total. The van der Waals surface area contributed by atoms with Crippen LogP contribution in [0, 0.1) is 5.92 Å². The van der Waals surface area contributed by atoms with Crippen molar-refractivity contribution in [2.24, 2.45) is 5.92 Å². The highest BCUT2D eigenvalue weighted by molar-refractivity contribution is 5.80. The van der Waals surface area contributed by atoms with Crippen molar-refractivity contribution in [2.45, 2.75) is 56.7 Å². The molecule has 10 heteroatoms. The fraction of sp³-hybridized carbons (Fsp3) is 0.632. The molecule has 0 unspecified atom stereocenters. The molecule has 4 rings (SSSR count). The molecule has 0 bridgehead atoms. The Bertz CT molecular complexity index is 725. The van der Waals surface area contributed by atoms with Gasteiger partial charge in [0.05, 0.1) is 0 Å². The third-order valence-electron chi connectivity index (χ3n) is 5.76. The van der Waals surface area contributed by atoms with Gasteiger partial charge in [0, 0.05) is 50.0 Å². The van der Waals surface area contributed by atoms with Crippen LogP contribution < -0.4 is 0 Å². The Morgan fingerprint density at radius 2 is 1.83 bits per heavy atom. The van der Waals surface area contributed by atoms with Gasteiger partial charge in [-0.15, -0.1) is 0 Å². The van der Waals surface area contributed by atoms with E-state index in [1.165, 1.54) is 5.56 Å². The standard InChI is InChI=1S/C17H22FN3O.C2HF3O2/c18-14-8-13(9-14)17(22)21-7-4-15-16(21)3-6-20(15)11-12-2-1-5-19-10-12;3-2(4,5)1(6)7/h1-2,5,10,13-16H,3-4,6-9,11H2;(H,6,7)/t13?,14?,15-,16+;/m0./s1. The molecule has 2 saturated heterocycles. The number of carboxylic acid groups (broad SMARTS) is 1. The van der Waals surface area contributed by atoms with Gasteiger partial charge in [0.15, 0.2) is 0 Å². The maximum absolute atomic E-state index is 13.0. The van der Waals surface area contributed by atoms with Gasteiger partial charge in [0.2, 0.25) is 5.91 Å².